The quantitative estimate of drug-likeness (QED) is 0.691. The van der Waals surface area contributed by atoms with Gasteiger partial charge in [-0.2, -0.15) is 0 Å². The number of sulfonamides is 1. The topological polar surface area (TPSA) is 75.7 Å². The summed E-state index contributed by atoms with van der Waals surface area (Å²) in [6, 6.07) is 10.8. The van der Waals surface area contributed by atoms with Crippen molar-refractivity contribution < 1.29 is 22.3 Å². The highest BCUT2D eigenvalue weighted by molar-refractivity contribution is 7.92. The minimum absolute atomic E-state index is 0.0804. The van der Waals surface area contributed by atoms with Crippen LogP contribution < -0.4 is 14.4 Å². The van der Waals surface area contributed by atoms with Crippen LogP contribution in [-0.2, 0) is 14.8 Å². The summed E-state index contributed by atoms with van der Waals surface area (Å²) in [4.78, 5) is 12.3. The van der Waals surface area contributed by atoms with E-state index in [9.17, 15) is 17.6 Å². The minimum atomic E-state index is -4.07. The first-order valence-electron chi connectivity index (χ1n) is 9.08. The fraction of sp³-hybridized carbons (Fsp3) is 0.350. The maximum Gasteiger partial charge on any atom is 0.264 e. The first-order valence-corrected chi connectivity index (χ1v) is 10.5. The van der Waals surface area contributed by atoms with E-state index in [1.807, 2.05) is 20.8 Å². The molecule has 0 aliphatic rings. The largest absolute Gasteiger partial charge is 0.494 e. The van der Waals surface area contributed by atoms with Gasteiger partial charge >= 0.3 is 0 Å². The van der Waals surface area contributed by atoms with Crippen molar-refractivity contribution in [2.75, 3.05) is 17.5 Å². The summed E-state index contributed by atoms with van der Waals surface area (Å²) in [7, 11) is -4.07. The number of carbonyl (C=O) groups is 1. The molecule has 6 nitrogen and oxygen atoms in total. The molecule has 0 aliphatic carbocycles. The number of rotatable bonds is 9. The maximum absolute atomic E-state index is 13.2. The van der Waals surface area contributed by atoms with E-state index >= 15 is 0 Å². The summed E-state index contributed by atoms with van der Waals surface area (Å²) in [6.07, 6.45) is 0.722. The van der Waals surface area contributed by atoms with Crippen LogP contribution in [0.3, 0.4) is 0 Å². The molecular formula is C20H25FN2O4S. The second-order valence-electron chi connectivity index (χ2n) is 6.27. The fourth-order valence-corrected chi connectivity index (χ4v) is 3.90. The lowest BCUT2D eigenvalue weighted by Crippen LogP contribution is -2.43. The van der Waals surface area contributed by atoms with Crippen molar-refractivity contribution in [1.29, 1.82) is 0 Å². The molecule has 152 valence electrons. The van der Waals surface area contributed by atoms with Crippen LogP contribution >= 0.6 is 0 Å². The lowest BCUT2D eigenvalue weighted by Gasteiger charge is -2.25. The number of nitrogens with zero attached hydrogens (tertiary/aromatic N) is 1. The van der Waals surface area contributed by atoms with Gasteiger partial charge in [0.05, 0.1) is 17.2 Å². The van der Waals surface area contributed by atoms with Gasteiger partial charge in [0, 0.05) is 6.04 Å². The van der Waals surface area contributed by atoms with E-state index < -0.39 is 28.3 Å². The molecule has 1 unspecified atom stereocenters. The molecule has 28 heavy (non-hydrogen) atoms. The molecule has 0 aromatic heterocycles. The summed E-state index contributed by atoms with van der Waals surface area (Å²) in [5.74, 6) is -0.371. The molecule has 2 aromatic rings. The number of hydrogen-bond donors (Lipinski definition) is 1. The Bertz CT molecular complexity index is 883. The van der Waals surface area contributed by atoms with Gasteiger partial charge < -0.3 is 10.1 Å². The fourth-order valence-electron chi connectivity index (χ4n) is 2.48. The zero-order valence-electron chi connectivity index (χ0n) is 16.2. The highest BCUT2D eigenvalue weighted by atomic mass is 32.2. The van der Waals surface area contributed by atoms with E-state index in [4.69, 9.17) is 4.74 Å². The van der Waals surface area contributed by atoms with Crippen molar-refractivity contribution in [3.63, 3.8) is 0 Å². The number of benzene rings is 2. The highest BCUT2D eigenvalue weighted by Gasteiger charge is 2.27. The molecule has 0 spiro atoms. The van der Waals surface area contributed by atoms with Gasteiger partial charge in [0.1, 0.15) is 18.1 Å². The zero-order chi connectivity index (χ0) is 20.7. The summed E-state index contributed by atoms with van der Waals surface area (Å²) >= 11 is 0. The first-order chi connectivity index (χ1) is 13.3. The Hall–Kier alpha value is -2.61. The monoisotopic (exact) mass is 408 g/mol. The summed E-state index contributed by atoms with van der Waals surface area (Å²) < 4.78 is 45.9. The van der Waals surface area contributed by atoms with E-state index in [-0.39, 0.29) is 10.9 Å². The van der Waals surface area contributed by atoms with Crippen LogP contribution in [0.15, 0.2) is 53.4 Å². The van der Waals surface area contributed by atoms with Gasteiger partial charge in [-0.25, -0.2) is 12.8 Å². The molecular weight excluding hydrogens is 383 g/mol. The van der Waals surface area contributed by atoms with Gasteiger partial charge in [-0.3, -0.25) is 9.10 Å². The normalized spacial score (nSPS) is 12.3. The number of amides is 1. The Labute approximate surface area is 165 Å². The maximum atomic E-state index is 13.2. The van der Waals surface area contributed by atoms with Crippen molar-refractivity contribution >= 4 is 21.6 Å². The second-order valence-corrected chi connectivity index (χ2v) is 8.13. The van der Waals surface area contributed by atoms with Gasteiger partial charge in [-0.15, -0.1) is 0 Å². The molecule has 0 bridgehead atoms. The zero-order valence-corrected chi connectivity index (χ0v) is 17.0. The summed E-state index contributed by atoms with van der Waals surface area (Å²) in [5, 5.41) is 2.76. The van der Waals surface area contributed by atoms with E-state index in [1.54, 1.807) is 24.3 Å². The second kappa shape index (κ2) is 9.54. The average Bonchev–Trinajstić information content (AvgIpc) is 2.67. The molecule has 1 amide bonds. The summed E-state index contributed by atoms with van der Waals surface area (Å²) in [6.45, 7) is 5.70. The third-order valence-corrected chi connectivity index (χ3v) is 5.93. The van der Waals surface area contributed by atoms with Gasteiger partial charge in [0.2, 0.25) is 5.91 Å². The smallest absolute Gasteiger partial charge is 0.264 e. The molecule has 0 saturated heterocycles. The number of ether oxygens (including phenoxy) is 1. The lowest BCUT2D eigenvalue weighted by molar-refractivity contribution is -0.120. The highest BCUT2D eigenvalue weighted by Crippen LogP contribution is 2.26. The number of carbonyl (C=O) groups excluding carboxylic acids is 1. The predicted octanol–water partition coefficient (Wildman–Crippen LogP) is 3.33. The lowest BCUT2D eigenvalue weighted by atomic mass is 10.2. The van der Waals surface area contributed by atoms with Gasteiger partial charge in [-0.1, -0.05) is 6.92 Å². The molecule has 0 saturated carbocycles. The predicted molar refractivity (Wildman–Crippen MR) is 106 cm³/mol. The van der Waals surface area contributed by atoms with Crippen LogP contribution in [0, 0.1) is 5.82 Å². The van der Waals surface area contributed by atoms with Crippen molar-refractivity contribution in [1.82, 2.24) is 5.32 Å². The van der Waals surface area contributed by atoms with E-state index in [2.05, 4.69) is 5.32 Å². The van der Waals surface area contributed by atoms with E-state index in [0.717, 1.165) is 22.9 Å². The molecule has 2 rings (SSSR count). The van der Waals surface area contributed by atoms with Crippen LogP contribution in [0.25, 0.3) is 0 Å². The molecule has 2 aromatic carbocycles. The van der Waals surface area contributed by atoms with Crippen LogP contribution in [0.1, 0.15) is 27.2 Å². The third kappa shape index (κ3) is 5.45. The van der Waals surface area contributed by atoms with Gasteiger partial charge in [-0.05, 0) is 68.8 Å². The van der Waals surface area contributed by atoms with Gasteiger partial charge in [0.15, 0.2) is 0 Å². The van der Waals surface area contributed by atoms with Crippen LogP contribution in [0.2, 0.25) is 0 Å². The molecule has 0 heterocycles. The molecule has 0 fully saturated rings. The van der Waals surface area contributed by atoms with Crippen molar-refractivity contribution in [3.8, 4) is 5.75 Å². The molecule has 8 heteroatoms. The standard InChI is InChI=1S/C20H25FN2O4S/c1-4-15(3)22-20(24)14-23(17-8-10-18(11-9-17)27-5-2)28(25,26)19-12-6-16(21)7-13-19/h6-13,15H,4-5,14H2,1-3H3,(H,22,24). The Morgan fingerprint density at radius 1 is 1.11 bits per heavy atom. The van der Waals surface area contributed by atoms with Crippen molar-refractivity contribution in [3.05, 3.63) is 54.3 Å². The Morgan fingerprint density at radius 3 is 2.25 bits per heavy atom. The van der Waals surface area contributed by atoms with Gasteiger partial charge in [0.25, 0.3) is 10.0 Å². The Balaban J connectivity index is 2.40. The molecule has 1 N–H and O–H groups in total. The van der Waals surface area contributed by atoms with E-state index in [1.165, 1.54) is 12.1 Å². The summed E-state index contributed by atoms with van der Waals surface area (Å²) in [5.41, 5.74) is 0.312. The number of anilines is 1. The number of nitrogens with one attached hydrogen (secondary N) is 1. The SMILES string of the molecule is CCOc1ccc(N(CC(=O)NC(C)CC)S(=O)(=O)c2ccc(F)cc2)cc1. The third-order valence-electron chi connectivity index (χ3n) is 4.14. The molecule has 1 atom stereocenters. The van der Waals surface area contributed by atoms with Crippen LogP contribution in [0.5, 0.6) is 5.75 Å². The number of hydrogen-bond acceptors (Lipinski definition) is 4. The van der Waals surface area contributed by atoms with Crippen LogP contribution in [0.4, 0.5) is 10.1 Å². The van der Waals surface area contributed by atoms with Crippen LogP contribution in [-0.4, -0.2) is 33.5 Å². The number of halogens is 1. The minimum Gasteiger partial charge on any atom is -0.494 e. The van der Waals surface area contributed by atoms with Crippen molar-refractivity contribution in [2.24, 2.45) is 0 Å². The van der Waals surface area contributed by atoms with E-state index in [0.29, 0.717) is 18.0 Å². The Morgan fingerprint density at radius 2 is 1.71 bits per heavy atom. The average molecular weight is 408 g/mol. The Kier molecular flexibility index (Phi) is 7.39. The molecule has 0 radical (unpaired) electrons. The first kappa shape index (κ1) is 21.7. The van der Waals surface area contributed by atoms with Crippen molar-refractivity contribution in [2.45, 2.75) is 38.1 Å². The molecule has 0 aliphatic heterocycles.